The molecule has 1 heterocycles. The standard InChI is InChI=1S/C20H38NO7P/c1-12(2)24-11-20(21)10-14(5)8-18(20)28-29(22,23)27-16(7)19-17(25-13(3)4)9-15(6)26-19/h12-15,17-19H,7-11,21H2,1-6H3,(H,22,23)/p-1/t14-,15-,17?,18?,19+,20-/m0/s1. The van der Waals surface area contributed by atoms with Crippen molar-refractivity contribution in [2.24, 2.45) is 11.7 Å². The van der Waals surface area contributed by atoms with Gasteiger partial charge in [-0.25, -0.2) is 0 Å². The zero-order valence-electron chi connectivity index (χ0n) is 18.5. The predicted molar refractivity (Wildman–Crippen MR) is 108 cm³/mol. The lowest BCUT2D eigenvalue weighted by atomic mass is 9.97. The van der Waals surface area contributed by atoms with Crippen molar-refractivity contribution >= 4 is 7.82 Å². The Bertz CT molecular complexity index is 614. The first-order valence-electron chi connectivity index (χ1n) is 10.4. The Hall–Kier alpha value is -0.470. The third-order valence-electron chi connectivity index (χ3n) is 5.20. The number of ether oxygens (including phenoxy) is 3. The number of nitrogens with two attached hydrogens (primary N) is 1. The van der Waals surface area contributed by atoms with Crippen molar-refractivity contribution in [3.8, 4) is 0 Å². The maximum atomic E-state index is 12.6. The lowest BCUT2D eigenvalue weighted by Gasteiger charge is -2.36. The van der Waals surface area contributed by atoms with Gasteiger partial charge in [0.05, 0.1) is 42.7 Å². The quantitative estimate of drug-likeness (QED) is 0.413. The molecule has 1 aliphatic carbocycles. The minimum atomic E-state index is -4.71. The van der Waals surface area contributed by atoms with Crippen LogP contribution in [0.25, 0.3) is 0 Å². The van der Waals surface area contributed by atoms with Crippen molar-refractivity contribution in [2.45, 2.75) is 103 Å². The van der Waals surface area contributed by atoms with E-state index in [1.54, 1.807) is 0 Å². The average molecular weight is 434 g/mol. The van der Waals surface area contributed by atoms with Crippen molar-refractivity contribution in [2.75, 3.05) is 6.61 Å². The zero-order chi connectivity index (χ0) is 22.0. The van der Waals surface area contributed by atoms with Crippen LogP contribution in [0.3, 0.4) is 0 Å². The van der Waals surface area contributed by atoms with Crippen LogP contribution < -0.4 is 10.6 Å². The molecule has 0 spiro atoms. The first-order chi connectivity index (χ1) is 13.3. The van der Waals surface area contributed by atoms with Gasteiger partial charge in [0, 0.05) is 6.42 Å². The van der Waals surface area contributed by atoms with Gasteiger partial charge in [0.25, 0.3) is 0 Å². The summed E-state index contributed by atoms with van der Waals surface area (Å²) in [5.74, 6) is 0.178. The summed E-state index contributed by atoms with van der Waals surface area (Å²) in [5, 5.41) is 0. The molecule has 170 valence electrons. The van der Waals surface area contributed by atoms with Crippen LogP contribution in [0, 0.1) is 5.92 Å². The van der Waals surface area contributed by atoms with Crippen LogP contribution in [0.4, 0.5) is 0 Å². The molecule has 0 bridgehead atoms. The molecule has 0 radical (unpaired) electrons. The monoisotopic (exact) mass is 434 g/mol. The topological polar surface area (TPSA) is 112 Å². The van der Waals surface area contributed by atoms with E-state index < -0.39 is 25.6 Å². The Balaban J connectivity index is 2.02. The Morgan fingerprint density at radius 3 is 2.52 bits per heavy atom. The Morgan fingerprint density at radius 1 is 1.28 bits per heavy atom. The van der Waals surface area contributed by atoms with E-state index in [1.165, 1.54) is 0 Å². The van der Waals surface area contributed by atoms with Gasteiger partial charge in [-0.15, -0.1) is 0 Å². The highest BCUT2D eigenvalue weighted by molar-refractivity contribution is 7.46. The van der Waals surface area contributed by atoms with E-state index in [4.69, 9.17) is 29.0 Å². The third-order valence-corrected chi connectivity index (χ3v) is 6.17. The van der Waals surface area contributed by atoms with Gasteiger partial charge in [0.2, 0.25) is 0 Å². The second-order valence-corrected chi connectivity index (χ2v) is 10.4. The van der Waals surface area contributed by atoms with Gasteiger partial charge in [0.15, 0.2) is 0 Å². The molecule has 1 saturated heterocycles. The van der Waals surface area contributed by atoms with E-state index in [-0.39, 0.29) is 42.7 Å². The summed E-state index contributed by atoms with van der Waals surface area (Å²) < 4.78 is 40.5. The van der Waals surface area contributed by atoms with E-state index in [9.17, 15) is 9.46 Å². The van der Waals surface area contributed by atoms with Crippen molar-refractivity contribution < 1.29 is 32.7 Å². The minimum absolute atomic E-state index is 0.0125. The van der Waals surface area contributed by atoms with Gasteiger partial charge in [-0.3, -0.25) is 4.57 Å². The summed E-state index contributed by atoms with van der Waals surface area (Å²) in [4.78, 5) is 12.6. The van der Waals surface area contributed by atoms with E-state index in [0.717, 1.165) is 0 Å². The molecule has 2 aliphatic rings. The van der Waals surface area contributed by atoms with Crippen molar-refractivity contribution in [3.63, 3.8) is 0 Å². The molecular weight excluding hydrogens is 397 g/mol. The van der Waals surface area contributed by atoms with Gasteiger partial charge in [-0.05, 0) is 53.4 Å². The predicted octanol–water partition coefficient (Wildman–Crippen LogP) is 2.89. The lowest BCUT2D eigenvalue weighted by molar-refractivity contribution is -0.230. The molecule has 1 saturated carbocycles. The van der Waals surface area contributed by atoms with Crippen LogP contribution in [-0.4, -0.2) is 48.8 Å². The third kappa shape index (κ3) is 7.03. The summed E-state index contributed by atoms with van der Waals surface area (Å²) in [5.41, 5.74) is 5.57. The fraction of sp³-hybridized carbons (Fsp3) is 0.900. The van der Waals surface area contributed by atoms with Gasteiger partial charge in [0.1, 0.15) is 11.9 Å². The normalized spacial score (nSPS) is 37.2. The number of phosphoric ester groups is 1. The fourth-order valence-electron chi connectivity index (χ4n) is 4.06. The molecule has 29 heavy (non-hydrogen) atoms. The van der Waals surface area contributed by atoms with Gasteiger partial charge in [-0.1, -0.05) is 13.5 Å². The molecule has 9 heteroatoms. The van der Waals surface area contributed by atoms with Gasteiger partial charge in [-0.2, -0.15) is 0 Å². The molecule has 0 aromatic rings. The van der Waals surface area contributed by atoms with Crippen molar-refractivity contribution in [1.82, 2.24) is 0 Å². The van der Waals surface area contributed by atoms with Crippen LogP contribution in [-0.2, 0) is 27.8 Å². The zero-order valence-corrected chi connectivity index (χ0v) is 19.4. The second kappa shape index (κ2) is 9.77. The maximum absolute atomic E-state index is 12.6. The molecule has 2 fully saturated rings. The maximum Gasteiger partial charge on any atom is 0.319 e. The molecule has 7 atom stereocenters. The van der Waals surface area contributed by atoms with Gasteiger partial charge >= 0.3 is 7.82 Å². The van der Waals surface area contributed by atoms with Crippen LogP contribution in [0.15, 0.2) is 12.3 Å². The molecule has 8 nitrogen and oxygen atoms in total. The number of hydrogen-bond acceptors (Lipinski definition) is 8. The van der Waals surface area contributed by atoms with Crippen LogP contribution >= 0.6 is 7.82 Å². The summed E-state index contributed by atoms with van der Waals surface area (Å²) in [7, 11) is -4.71. The van der Waals surface area contributed by atoms with Crippen LogP contribution in [0.1, 0.15) is 60.8 Å². The highest BCUT2D eigenvalue weighted by Crippen LogP contribution is 2.49. The second-order valence-electron chi connectivity index (χ2n) is 9.06. The molecule has 2 rings (SSSR count). The highest BCUT2D eigenvalue weighted by atomic mass is 31.2. The van der Waals surface area contributed by atoms with Crippen LogP contribution in [0.5, 0.6) is 0 Å². The highest BCUT2D eigenvalue weighted by Gasteiger charge is 2.47. The molecule has 3 unspecified atom stereocenters. The molecule has 2 N–H and O–H groups in total. The molecule has 0 aromatic heterocycles. The van der Waals surface area contributed by atoms with Crippen LogP contribution in [0.2, 0.25) is 0 Å². The number of rotatable bonds is 10. The largest absolute Gasteiger partial charge is 0.746 e. The smallest absolute Gasteiger partial charge is 0.319 e. The molecule has 0 amide bonds. The lowest BCUT2D eigenvalue weighted by Crippen LogP contribution is -2.52. The number of phosphoric acid groups is 1. The van der Waals surface area contributed by atoms with E-state index in [1.807, 2.05) is 41.5 Å². The summed E-state index contributed by atoms with van der Waals surface area (Å²) in [6.07, 6.45) is -0.0948. The van der Waals surface area contributed by atoms with E-state index in [2.05, 4.69) is 6.58 Å². The first-order valence-corrected chi connectivity index (χ1v) is 11.9. The van der Waals surface area contributed by atoms with E-state index >= 15 is 0 Å². The Kier molecular flexibility index (Phi) is 8.36. The minimum Gasteiger partial charge on any atom is -0.746 e. The first kappa shape index (κ1) is 24.8. The van der Waals surface area contributed by atoms with Crippen molar-refractivity contribution in [1.29, 1.82) is 0 Å². The summed E-state index contributed by atoms with van der Waals surface area (Å²) in [6.45, 7) is 15.5. The summed E-state index contributed by atoms with van der Waals surface area (Å²) in [6, 6.07) is 0. The van der Waals surface area contributed by atoms with E-state index in [0.29, 0.717) is 19.3 Å². The summed E-state index contributed by atoms with van der Waals surface area (Å²) >= 11 is 0. The molecule has 1 aliphatic heterocycles. The SMILES string of the molecule is C=C(OP(=O)([O-])OC1C[C@H](C)C[C@]1(N)COC(C)C)[C@H]1O[C@@H](C)CC1OC(C)C. The molecular formula is C20H37NO7P-. The fourth-order valence-corrected chi connectivity index (χ4v) is 5.10. The number of hydrogen-bond donors (Lipinski definition) is 1. The molecule has 0 aromatic carbocycles. The van der Waals surface area contributed by atoms with Crippen molar-refractivity contribution in [3.05, 3.63) is 12.3 Å². The van der Waals surface area contributed by atoms with Gasteiger partial charge < -0.3 is 33.9 Å². The Labute approximate surface area is 174 Å². The average Bonchev–Trinajstić information content (AvgIpc) is 3.03. The Morgan fingerprint density at radius 2 is 1.93 bits per heavy atom.